The van der Waals surface area contributed by atoms with E-state index >= 15 is 0 Å². The molecule has 5 nitrogen and oxygen atoms in total. The molecule has 24 heavy (non-hydrogen) atoms. The molecule has 1 saturated heterocycles. The smallest absolute Gasteiger partial charge is 0.254 e. The van der Waals surface area contributed by atoms with Gasteiger partial charge in [-0.1, -0.05) is 12.1 Å². The van der Waals surface area contributed by atoms with E-state index in [0.717, 1.165) is 0 Å². The van der Waals surface area contributed by atoms with Crippen molar-refractivity contribution in [3.63, 3.8) is 0 Å². The average Bonchev–Trinajstić information content (AvgIpc) is 2.62. The SMILES string of the molecule is CNc1cc(C(=O)N2CCC(O)(c3ccc(F)cc3)CC2)ccn1. The summed E-state index contributed by atoms with van der Waals surface area (Å²) in [7, 11) is 1.75. The number of benzene rings is 1. The first-order valence-electron chi connectivity index (χ1n) is 7.93. The second-order valence-corrected chi connectivity index (χ2v) is 6.01. The van der Waals surface area contributed by atoms with E-state index < -0.39 is 5.60 Å². The minimum atomic E-state index is -1.02. The monoisotopic (exact) mass is 329 g/mol. The summed E-state index contributed by atoms with van der Waals surface area (Å²) < 4.78 is 13.1. The number of nitrogens with zero attached hydrogens (tertiary/aromatic N) is 2. The number of piperidine rings is 1. The summed E-state index contributed by atoms with van der Waals surface area (Å²) in [6, 6.07) is 9.30. The number of nitrogens with one attached hydrogen (secondary N) is 1. The van der Waals surface area contributed by atoms with Crippen LogP contribution < -0.4 is 5.32 Å². The summed E-state index contributed by atoms with van der Waals surface area (Å²) in [6.07, 6.45) is 2.44. The summed E-state index contributed by atoms with van der Waals surface area (Å²) in [5.74, 6) is 0.240. The molecule has 1 aromatic heterocycles. The van der Waals surface area contributed by atoms with Gasteiger partial charge in [-0.15, -0.1) is 0 Å². The topological polar surface area (TPSA) is 65.5 Å². The van der Waals surface area contributed by atoms with Crippen molar-refractivity contribution in [2.75, 3.05) is 25.5 Å². The van der Waals surface area contributed by atoms with E-state index in [9.17, 15) is 14.3 Å². The summed E-state index contributed by atoms with van der Waals surface area (Å²) in [5.41, 5.74) is 0.248. The molecule has 126 valence electrons. The quantitative estimate of drug-likeness (QED) is 0.907. The number of rotatable bonds is 3. The van der Waals surface area contributed by atoms with E-state index in [4.69, 9.17) is 0 Å². The number of carbonyl (C=O) groups excluding carboxylic acids is 1. The minimum absolute atomic E-state index is 0.0740. The Balaban J connectivity index is 1.70. The molecule has 3 rings (SSSR count). The Kier molecular flexibility index (Phi) is 4.49. The van der Waals surface area contributed by atoms with Crippen molar-refractivity contribution >= 4 is 11.7 Å². The number of anilines is 1. The Morgan fingerprint density at radius 3 is 2.54 bits per heavy atom. The van der Waals surface area contributed by atoms with Crippen LogP contribution in [0.1, 0.15) is 28.8 Å². The fourth-order valence-corrected chi connectivity index (χ4v) is 3.01. The van der Waals surface area contributed by atoms with Gasteiger partial charge in [0.2, 0.25) is 0 Å². The molecular formula is C18H20FN3O2. The van der Waals surface area contributed by atoms with Gasteiger partial charge in [-0.05, 0) is 42.7 Å². The van der Waals surface area contributed by atoms with Crippen LogP contribution in [0, 0.1) is 5.82 Å². The zero-order valence-corrected chi connectivity index (χ0v) is 13.5. The average molecular weight is 329 g/mol. The van der Waals surface area contributed by atoms with Crippen molar-refractivity contribution in [1.29, 1.82) is 0 Å². The van der Waals surface area contributed by atoms with Crippen molar-refractivity contribution in [2.45, 2.75) is 18.4 Å². The second kappa shape index (κ2) is 6.57. The Morgan fingerprint density at radius 2 is 1.92 bits per heavy atom. The number of carbonyl (C=O) groups is 1. The van der Waals surface area contributed by atoms with Crippen LogP contribution in [0.15, 0.2) is 42.6 Å². The van der Waals surface area contributed by atoms with Gasteiger partial charge in [0.25, 0.3) is 5.91 Å². The molecule has 1 fully saturated rings. The third kappa shape index (κ3) is 3.23. The van der Waals surface area contributed by atoms with E-state index in [0.29, 0.717) is 42.9 Å². The molecule has 0 aliphatic carbocycles. The lowest BCUT2D eigenvalue weighted by atomic mass is 9.84. The van der Waals surface area contributed by atoms with E-state index in [2.05, 4.69) is 10.3 Å². The van der Waals surface area contributed by atoms with Crippen molar-refractivity contribution < 1.29 is 14.3 Å². The Morgan fingerprint density at radius 1 is 1.25 bits per heavy atom. The Hall–Kier alpha value is -2.47. The number of aliphatic hydroxyl groups is 1. The summed E-state index contributed by atoms with van der Waals surface area (Å²) >= 11 is 0. The molecule has 0 saturated carbocycles. The highest BCUT2D eigenvalue weighted by Gasteiger charge is 2.35. The lowest BCUT2D eigenvalue weighted by molar-refractivity contribution is -0.0211. The van der Waals surface area contributed by atoms with Crippen LogP contribution in [0.2, 0.25) is 0 Å². The number of hydrogen-bond donors (Lipinski definition) is 2. The lowest BCUT2D eigenvalue weighted by Crippen LogP contribution is -2.45. The van der Waals surface area contributed by atoms with E-state index in [-0.39, 0.29) is 11.7 Å². The van der Waals surface area contributed by atoms with Gasteiger partial charge in [0.15, 0.2) is 0 Å². The zero-order chi connectivity index (χ0) is 17.2. The maximum atomic E-state index is 13.1. The van der Waals surface area contributed by atoms with Gasteiger partial charge in [-0.2, -0.15) is 0 Å². The van der Waals surface area contributed by atoms with Gasteiger partial charge in [-0.25, -0.2) is 9.37 Å². The number of amides is 1. The summed E-state index contributed by atoms with van der Waals surface area (Å²) in [6.45, 7) is 0.897. The molecule has 2 heterocycles. The van der Waals surface area contributed by atoms with Crippen LogP contribution in [0.25, 0.3) is 0 Å². The highest BCUT2D eigenvalue weighted by atomic mass is 19.1. The number of likely N-dealkylation sites (tertiary alicyclic amines) is 1. The molecule has 1 aromatic carbocycles. The minimum Gasteiger partial charge on any atom is -0.385 e. The van der Waals surface area contributed by atoms with Crippen LogP contribution in [-0.2, 0) is 5.60 Å². The number of pyridine rings is 1. The number of hydrogen-bond acceptors (Lipinski definition) is 4. The Labute approximate surface area is 140 Å². The highest BCUT2D eigenvalue weighted by Crippen LogP contribution is 2.33. The predicted molar refractivity (Wildman–Crippen MR) is 89.2 cm³/mol. The largest absolute Gasteiger partial charge is 0.385 e. The zero-order valence-electron chi connectivity index (χ0n) is 13.5. The first kappa shape index (κ1) is 16.4. The number of aromatic nitrogens is 1. The van der Waals surface area contributed by atoms with Crippen LogP contribution >= 0.6 is 0 Å². The van der Waals surface area contributed by atoms with Crippen molar-refractivity contribution in [1.82, 2.24) is 9.88 Å². The van der Waals surface area contributed by atoms with E-state index in [1.54, 1.807) is 42.4 Å². The van der Waals surface area contributed by atoms with Crippen molar-refractivity contribution in [2.24, 2.45) is 0 Å². The van der Waals surface area contributed by atoms with Crippen molar-refractivity contribution in [3.8, 4) is 0 Å². The van der Waals surface area contributed by atoms with E-state index in [1.165, 1.54) is 12.1 Å². The van der Waals surface area contributed by atoms with E-state index in [1.807, 2.05) is 0 Å². The molecule has 0 radical (unpaired) electrons. The first-order valence-corrected chi connectivity index (χ1v) is 7.93. The van der Waals surface area contributed by atoms with Gasteiger partial charge in [0, 0.05) is 31.9 Å². The molecule has 0 spiro atoms. The molecule has 0 atom stereocenters. The maximum Gasteiger partial charge on any atom is 0.254 e. The molecule has 2 aromatic rings. The molecule has 6 heteroatoms. The molecule has 1 aliphatic rings. The predicted octanol–water partition coefficient (Wildman–Crippen LogP) is 2.39. The Bertz CT molecular complexity index is 725. The van der Waals surface area contributed by atoms with Gasteiger partial charge in [-0.3, -0.25) is 4.79 Å². The lowest BCUT2D eigenvalue weighted by Gasteiger charge is -2.38. The normalized spacial score (nSPS) is 16.7. The molecular weight excluding hydrogens is 309 g/mol. The molecule has 1 aliphatic heterocycles. The van der Waals surface area contributed by atoms with Crippen LogP contribution in [0.4, 0.5) is 10.2 Å². The van der Waals surface area contributed by atoms with Crippen molar-refractivity contribution in [3.05, 3.63) is 59.5 Å². The number of halogens is 1. The first-order chi connectivity index (χ1) is 11.5. The van der Waals surface area contributed by atoms with Crippen LogP contribution in [0.5, 0.6) is 0 Å². The fraction of sp³-hybridized carbons (Fsp3) is 0.333. The van der Waals surface area contributed by atoms with Gasteiger partial charge < -0.3 is 15.3 Å². The van der Waals surface area contributed by atoms with Gasteiger partial charge >= 0.3 is 0 Å². The van der Waals surface area contributed by atoms with Crippen LogP contribution in [-0.4, -0.2) is 41.0 Å². The van der Waals surface area contributed by atoms with Crippen LogP contribution in [0.3, 0.4) is 0 Å². The maximum absolute atomic E-state index is 13.1. The third-order valence-electron chi connectivity index (χ3n) is 4.52. The fourth-order valence-electron chi connectivity index (χ4n) is 3.01. The van der Waals surface area contributed by atoms with Gasteiger partial charge in [0.05, 0.1) is 5.60 Å². The van der Waals surface area contributed by atoms with Gasteiger partial charge in [0.1, 0.15) is 11.6 Å². The molecule has 2 N–H and O–H groups in total. The summed E-state index contributed by atoms with van der Waals surface area (Å²) in [4.78, 5) is 18.4. The molecule has 0 bridgehead atoms. The molecule has 1 amide bonds. The standard InChI is InChI=1S/C18H20FN3O2/c1-20-16-12-13(6-9-21-16)17(23)22-10-7-18(24,8-11-22)14-2-4-15(19)5-3-14/h2-6,9,12,24H,7-8,10-11H2,1H3,(H,20,21). The third-order valence-corrected chi connectivity index (χ3v) is 4.52. The molecule has 0 unspecified atom stereocenters. The second-order valence-electron chi connectivity index (χ2n) is 6.01. The summed E-state index contributed by atoms with van der Waals surface area (Å²) in [5, 5.41) is 13.7. The highest BCUT2D eigenvalue weighted by molar-refractivity contribution is 5.94.